The molecule has 12 heavy (non-hydrogen) atoms. The first-order chi connectivity index (χ1) is 5.79. The third-order valence-electron chi connectivity index (χ3n) is 2.05. The van der Waals surface area contributed by atoms with Crippen molar-refractivity contribution in [2.75, 3.05) is 6.61 Å². The molecule has 1 saturated heterocycles. The van der Waals surface area contributed by atoms with E-state index in [0.29, 0.717) is 12.4 Å². The van der Waals surface area contributed by atoms with Crippen LogP contribution >= 0.6 is 0 Å². The number of nitrogens with zero attached hydrogens (tertiary/aromatic N) is 3. The third-order valence-corrected chi connectivity index (χ3v) is 2.05. The molecule has 0 N–H and O–H groups in total. The lowest BCUT2D eigenvalue weighted by Gasteiger charge is -2.28. The molecule has 0 amide bonds. The fourth-order valence-electron chi connectivity index (χ4n) is 1.19. The van der Waals surface area contributed by atoms with E-state index >= 15 is 0 Å². The molecular weight excluding hydrogens is 161 g/mol. The van der Waals surface area contributed by atoms with Gasteiger partial charge in [0.05, 0.1) is 6.10 Å². The van der Waals surface area contributed by atoms with Gasteiger partial charge in [0, 0.05) is 20.1 Å². The number of hydrogen-bond acceptors (Lipinski definition) is 3. The summed E-state index contributed by atoms with van der Waals surface area (Å²) in [7, 11) is 1.72. The highest BCUT2D eigenvalue weighted by atomic mass is 19.1. The standard InChI is InChI=1S/C7H10FN3O/c1-11-4-9-10-7(11)6(8)5-2-3-12-5/h4-6H,2-3H2,1H3/t5-,6-/m1/s1. The van der Waals surface area contributed by atoms with Crippen LogP contribution in [-0.4, -0.2) is 27.5 Å². The molecule has 1 aromatic rings. The average Bonchev–Trinajstić information content (AvgIpc) is 2.31. The lowest BCUT2D eigenvalue weighted by atomic mass is 10.1. The maximum atomic E-state index is 13.4. The molecule has 2 heterocycles. The van der Waals surface area contributed by atoms with Crippen LogP contribution in [0, 0.1) is 0 Å². The molecule has 2 atom stereocenters. The maximum absolute atomic E-state index is 13.4. The Labute approximate surface area is 69.4 Å². The summed E-state index contributed by atoms with van der Waals surface area (Å²) in [5, 5.41) is 7.28. The first-order valence-electron chi connectivity index (χ1n) is 3.88. The van der Waals surface area contributed by atoms with E-state index in [0.717, 1.165) is 6.42 Å². The molecule has 0 bridgehead atoms. The number of alkyl halides is 1. The van der Waals surface area contributed by atoms with Crippen molar-refractivity contribution >= 4 is 0 Å². The minimum absolute atomic E-state index is 0.312. The highest BCUT2D eigenvalue weighted by molar-refractivity contribution is 4.95. The Bertz CT molecular complexity index is 271. The molecule has 0 unspecified atom stereocenters. The summed E-state index contributed by atoms with van der Waals surface area (Å²) in [6.45, 7) is 0.656. The predicted molar refractivity (Wildman–Crippen MR) is 39.2 cm³/mol. The molecule has 0 radical (unpaired) electrons. The van der Waals surface area contributed by atoms with E-state index in [9.17, 15) is 4.39 Å². The minimum Gasteiger partial charge on any atom is -0.375 e. The second-order valence-electron chi connectivity index (χ2n) is 2.90. The van der Waals surface area contributed by atoms with Crippen LogP contribution in [-0.2, 0) is 11.8 Å². The molecule has 1 aliphatic rings. The first-order valence-corrected chi connectivity index (χ1v) is 3.88. The lowest BCUT2D eigenvalue weighted by molar-refractivity contribution is -0.0965. The molecule has 4 nitrogen and oxygen atoms in total. The fourth-order valence-corrected chi connectivity index (χ4v) is 1.19. The number of ether oxygens (including phenoxy) is 1. The lowest BCUT2D eigenvalue weighted by Crippen LogP contribution is -2.32. The largest absolute Gasteiger partial charge is 0.375 e. The summed E-state index contributed by atoms with van der Waals surface area (Å²) < 4.78 is 20.0. The highest BCUT2D eigenvalue weighted by Gasteiger charge is 2.32. The molecule has 0 spiro atoms. The van der Waals surface area contributed by atoms with Gasteiger partial charge in [-0.25, -0.2) is 4.39 Å². The molecule has 0 aliphatic carbocycles. The normalized spacial score (nSPS) is 25.0. The van der Waals surface area contributed by atoms with Gasteiger partial charge in [-0.2, -0.15) is 0 Å². The van der Waals surface area contributed by atoms with Crippen molar-refractivity contribution in [2.45, 2.75) is 18.7 Å². The second-order valence-corrected chi connectivity index (χ2v) is 2.90. The Kier molecular flexibility index (Phi) is 1.80. The minimum atomic E-state index is -1.13. The van der Waals surface area contributed by atoms with E-state index in [2.05, 4.69) is 10.2 Å². The second kappa shape index (κ2) is 2.82. The molecule has 66 valence electrons. The maximum Gasteiger partial charge on any atom is 0.186 e. The van der Waals surface area contributed by atoms with Gasteiger partial charge < -0.3 is 9.30 Å². The zero-order chi connectivity index (χ0) is 8.55. The average molecular weight is 171 g/mol. The van der Waals surface area contributed by atoms with Crippen molar-refractivity contribution in [2.24, 2.45) is 7.05 Å². The Morgan fingerprint density at radius 1 is 1.83 bits per heavy atom. The smallest absolute Gasteiger partial charge is 0.186 e. The molecule has 0 aromatic carbocycles. The zero-order valence-corrected chi connectivity index (χ0v) is 6.77. The Morgan fingerprint density at radius 3 is 3.00 bits per heavy atom. The summed E-state index contributed by atoms with van der Waals surface area (Å²) in [5.74, 6) is 0.347. The van der Waals surface area contributed by atoms with Crippen molar-refractivity contribution in [1.82, 2.24) is 14.8 Å². The van der Waals surface area contributed by atoms with Gasteiger partial charge in [-0.05, 0) is 0 Å². The Balaban J connectivity index is 2.13. The van der Waals surface area contributed by atoms with Crippen molar-refractivity contribution in [3.63, 3.8) is 0 Å². The van der Waals surface area contributed by atoms with Gasteiger partial charge in [-0.3, -0.25) is 0 Å². The summed E-state index contributed by atoms with van der Waals surface area (Å²) in [6, 6.07) is 0. The number of rotatable bonds is 2. The van der Waals surface area contributed by atoms with E-state index in [1.165, 1.54) is 6.33 Å². The van der Waals surface area contributed by atoms with Crippen LogP contribution in [0.25, 0.3) is 0 Å². The number of halogens is 1. The third kappa shape index (κ3) is 1.10. The van der Waals surface area contributed by atoms with E-state index in [-0.39, 0.29) is 6.10 Å². The van der Waals surface area contributed by atoms with Crippen LogP contribution in [0.2, 0.25) is 0 Å². The van der Waals surface area contributed by atoms with Gasteiger partial charge in [-0.15, -0.1) is 10.2 Å². The molecule has 5 heteroatoms. The van der Waals surface area contributed by atoms with Crippen LogP contribution in [0.3, 0.4) is 0 Å². The molecule has 2 rings (SSSR count). The highest BCUT2D eigenvalue weighted by Crippen LogP contribution is 2.28. The van der Waals surface area contributed by atoms with Gasteiger partial charge in [0.2, 0.25) is 0 Å². The van der Waals surface area contributed by atoms with Gasteiger partial charge >= 0.3 is 0 Å². The SMILES string of the molecule is Cn1cnnc1[C@H](F)[C@H]1CCO1. The molecule has 1 aromatic heterocycles. The van der Waals surface area contributed by atoms with Crippen molar-refractivity contribution in [3.05, 3.63) is 12.2 Å². The van der Waals surface area contributed by atoms with Crippen LogP contribution in [0.5, 0.6) is 0 Å². The van der Waals surface area contributed by atoms with Crippen LogP contribution in [0.15, 0.2) is 6.33 Å². The van der Waals surface area contributed by atoms with E-state index in [1.54, 1.807) is 11.6 Å². The molecule has 1 fully saturated rings. The number of aromatic nitrogens is 3. The topological polar surface area (TPSA) is 39.9 Å². The van der Waals surface area contributed by atoms with E-state index in [1.807, 2.05) is 0 Å². The monoisotopic (exact) mass is 171 g/mol. The fraction of sp³-hybridized carbons (Fsp3) is 0.714. The van der Waals surface area contributed by atoms with Gasteiger partial charge in [0.25, 0.3) is 0 Å². The Morgan fingerprint density at radius 2 is 2.58 bits per heavy atom. The first kappa shape index (κ1) is 7.67. The van der Waals surface area contributed by atoms with Crippen LogP contribution in [0.1, 0.15) is 18.4 Å². The summed E-state index contributed by atoms with van der Waals surface area (Å²) in [5.41, 5.74) is 0. The summed E-state index contributed by atoms with van der Waals surface area (Å²) in [6.07, 6.45) is 0.813. The quantitative estimate of drug-likeness (QED) is 0.654. The van der Waals surface area contributed by atoms with Crippen LogP contribution < -0.4 is 0 Å². The Hall–Kier alpha value is -0.970. The van der Waals surface area contributed by atoms with Gasteiger partial charge in [-0.1, -0.05) is 0 Å². The summed E-state index contributed by atoms with van der Waals surface area (Å²) >= 11 is 0. The predicted octanol–water partition coefficient (Wildman–Crippen LogP) is 0.615. The zero-order valence-electron chi connectivity index (χ0n) is 6.77. The van der Waals surface area contributed by atoms with Gasteiger partial charge in [0.15, 0.2) is 12.0 Å². The molecule has 0 saturated carbocycles. The van der Waals surface area contributed by atoms with Crippen LogP contribution in [0.4, 0.5) is 4.39 Å². The molecular formula is C7H10FN3O. The van der Waals surface area contributed by atoms with Crippen molar-refractivity contribution < 1.29 is 9.13 Å². The summed E-state index contributed by atoms with van der Waals surface area (Å²) in [4.78, 5) is 0. The van der Waals surface area contributed by atoms with E-state index in [4.69, 9.17) is 4.74 Å². The molecule has 1 aliphatic heterocycles. The number of aryl methyl sites for hydroxylation is 1. The number of hydrogen-bond donors (Lipinski definition) is 0. The van der Waals surface area contributed by atoms with Crippen molar-refractivity contribution in [3.8, 4) is 0 Å². The van der Waals surface area contributed by atoms with Gasteiger partial charge in [0.1, 0.15) is 6.33 Å². The van der Waals surface area contributed by atoms with E-state index < -0.39 is 6.17 Å². The van der Waals surface area contributed by atoms with Crippen molar-refractivity contribution in [1.29, 1.82) is 0 Å².